The molecule has 0 unspecified atom stereocenters. The van der Waals surface area contributed by atoms with Gasteiger partial charge in [0, 0.05) is 27.4 Å². The van der Waals surface area contributed by atoms with E-state index in [1.807, 2.05) is 6.07 Å². The number of thioether (sulfide) groups is 1. The van der Waals surface area contributed by atoms with Gasteiger partial charge in [-0.1, -0.05) is 0 Å². The predicted molar refractivity (Wildman–Crippen MR) is 121 cm³/mol. The number of hydrogen-bond acceptors (Lipinski definition) is 5. The van der Waals surface area contributed by atoms with E-state index in [1.165, 1.54) is 11.8 Å². The summed E-state index contributed by atoms with van der Waals surface area (Å²) in [7, 11) is 1.58. The fourth-order valence-electron chi connectivity index (χ4n) is 3.01. The number of nitrogens with one attached hydrogen (secondary N) is 3. The van der Waals surface area contributed by atoms with Crippen LogP contribution in [0.3, 0.4) is 0 Å². The average molecular weight is 433 g/mol. The number of carbonyl (C=O) groups is 3. The second-order valence-corrected chi connectivity index (χ2v) is 7.78. The molecule has 7 nitrogen and oxygen atoms in total. The Balaban J connectivity index is 1.40. The van der Waals surface area contributed by atoms with Crippen molar-refractivity contribution in [3.8, 4) is 5.75 Å². The summed E-state index contributed by atoms with van der Waals surface area (Å²) in [5, 5.41) is 8.38. The monoisotopic (exact) mass is 433 g/mol. The average Bonchev–Trinajstić information content (AvgIpc) is 2.79. The minimum atomic E-state index is -0.303. The third-order valence-electron chi connectivity index (χ3n) is 4.63. The maximum absolute atomic E-state index is 12.6. The van der Waals surface area contributed by atoms with Crippen molar-refractivity contribution in [2.75, 3.05) is 28.8 Å². The zero-order valence-electron chi connectivity index (χ0n) is 16.6. The predicted octanol–water partition coefficient (Wildman–Crippen LogP) is 4.24. The van der Waals surface area contributed by atoms with Gasteiger partial charge < -0.3 is 20.7 Å². The van der Waals surface area contributed by atoms with Crippen molar-refractivity contribution in [3.05, 3.63) is 77.9 Å². The SMILES string of the molecule is COc1ccc(NC(=O)c2ccc(NC(=O)c3ccc4c(c3)NC(=O)CS4)cc2)cc1. The highest BCUT2D eigenvalue weighted by molar-refractivity contribution is 8.00. The Morgan fingerprint density at radius 1 is 0.871 bits per heavy atom. The number of rotatable bonds is 5. The molecule has 0 saturated carbocycles. The number of methoxy groups -OCH3 is 1. The van der Waals surface area contributed by atoms with E-state index in [9.17, 15) is 14.4 Å². The molecule has 1 aliphatic heterocycles. The van der Waals surface area contributed by atoms with Crippen LogP contribution >= 0.6 is 11.8 Å². The Hall–Kier alpha value is -3.78. The van der Waals surface area contributed by atoms with Crippen LogP contribution in [0.5, 0.6) is 5.75 Å². The van der Waals surface area contributed by atoms with Crippen molar-refractivity contribution in [3.63, 3.8) is 0 Å². The molecule has 0 atom stereocenters. The molecule has 0 fully saturated rings. The highest BCUT2D eigenvalue weighted by Gasteiger charge is 2.17. The molecule has 3 aromatic carbocycles. The smallest absolute Gasteiger partial charge is 0.255 e. The van der Waals surface area contributed by atoms with E-state index in [0.29, 0.717) is 39.7 Å². The molecule has 8 heteroatoms. The number of ether oxygens (including phenoxy) is 1. The first-order chi connectivity index (χ1) is 15.0. The minimum absolute atomic E-state index is 0.0847. The first kappa shape index (κ1) is 20.5. The minimum Gasteiger partial charge on any atom is -0.497 e. The lowest BCUT2D eigenvalue weighted by molar-refractivity contribution is -0.113. The number of anilines is 3. The van der Waals surface area contributed by atoms with Gasteiger partial charge in [-0.05, 0) is 66.7 Å². The summed E-state index contributed by atoms with van der Waals surface area (Å²) in [6.07, 6.45) is 0. The van der Waals surface area contributed by atoms with Crippen LogP contribution in [0.2, 0.25) is 0 Å². The molecule has 31 heavy (non-hydrogen) atoms. The fourth-order valence-corrected chi connectivity index (χ4v) is 3.80. The topological polar surface area (TPSA) is 96.5 Å². The Morgan fingerprint density at radius 3 is 2.10 bits per heavy atom. The third-order valence-corrected chi connectivity index (χ3v) is 5.70. The quantitative estimate of drug-likeness (QED) is 0.559. The van der Waals surface area contributed by atoms with Gasteiger partial charge in [-0.2, -0.15) is 0 Å². The molecule has 0 spiro atoms. The molecule has 0 bridgehead atoms. The zero-order chi connectivity index (χ0) is 21.8. The molecule has 4 rings (SSSR count). The first-order valence-corrected chi connectivity index (χ1v) is 10.4. The van der Waals surface area contributed by atoms with Crippen molar-refractivity contribution in [1.82, 2.24) is 0 Å². The standard InChI is InChI=1S/C23H19N3O4S/c1-30-18-9-7-17(8-10-18)24-22(28)14-2-5-16(6-3-14)25-23(29)15-4-11-20-19(12-15)26-21(27)13-31-20/h2-12H,13H2,1H3,(H,24,28)(H,25,29)(H,26,27). The van der Waals surface area contributed by atoms with E-state index < -0.39 is 0 Å². The van der Waals surface area contributed by atoms with E-state index in [4.69, 9.17) is 4.74 Å². The largest absolute Gasteiger partial charge is 0.497 e. The Bertz CT molecular complexity index is 1140. The van der Waals surface area contributed by atoms with Crippen LogP contribution in [-0.4, -0.2) is 30.6 Å². The van der Waals surface area contributed by atoms with E-state index in [1.54, 1.807) is 67.8 Å². The summed E-state index contributed by atoms with van der Waals surface area (Å²) in [5.41, 5.74) is 2.74. The summed E-state index contributed by atoms with van der Waals surface area (Å²) in [4.78, 5) is 37.5. The number of benzene rings is 3. The van der Waals surface area contributed by atoms with Gasteiger partial charge in [0.15, 0.2) is 0 Å². The van der Waals surface area contributed by atoms with Crippen LogP contribution in [0, 0.1) is 0 Å². The van der Waals surface area contributed by atoms with E-state index in [-0.39, 0.29) is 17.7 Å². The van der Waals surface area contributed by atoms with Gasteiger partial charge in [0.1, 0.15) is 5.75 Å². The Labute approximate surface area is 183 Å². The van der Waals surface area contributed by atoms with E-state index in [0.717, 1.165) is 4.90 Å². The normalized spacial score (nSPS) is 12.4. The number of amides is 3. The maximum atomic E-state index is 12.6. The van der Waals surface area contributed by atoms with Gasteiger partial charge in [0.25, 0.3) is 11.8 Å². The molecule has 1 heterocycles. The van der Waals surface area contributed by atoms with Gasteiger partial charge in [0.05, 0.1) is 18.6 Å². The molecule has 3 aromatic rings. The lowest BCUT2D eigenvalue weighted by atomic mass is 10.1. The molecule has 0 aromatic heterocycles. The van der Waals surface area contributed by atoms with E-state index in [2.05, 4.69) is 16.0 Å². The second kappa shape index (κ2) is 8.93. The third kappa shape index (κ3) is 4.87. The van der Waals surface area contributed by atoms with Gasteiger partial charge in [-0.15, -0.1) is 11.8 Å². The van der Waals surface area contributed by atoms with Crippen molar-refractivity contribution in [1.29, 1.82) is 0 Å². The summed E-state index contributed by atoms with van der Waals surface area (Å²) in [6.45, 7) is 0. The molecule has 0 radical (unpaired) electrons. The second-order valence-electron chi connectivity index (χ2n) is 6.76. The maximum Gasteiger partial charge on any atom is 0.255 e. The molecular weight excluding hydrogens is 414 g/mol. The highest BCUT2D eigenvalue weighted by Crippen LogP contribution is 2.32. The van der Waals surface area contributed by atoms with Crippen molar-refractivity contribution in [2.24, 2.45) is 0 Å². The van der Waals surface area contributed by atoms with Crippen LogP contribution in [0.25, 0.3) is 0 Å². The summed E-state index contributed by atoms with van der Waals surface area (Å²) < 4.78 is 5.10. The highest BCUT2D eigenvalue weighted by atomic mass is 32.2. The number of carbonyl (C=O) groups excluding carboxylic acids is 3. The Kier molecular flexibility index (Phi) is 5.90. The molecule has 1 aliphatic rings. The van der Waals surface area contributed by atoms with Crippen LogP contribution in [0.4, 0.5) is 17.1 Å². The van der Waals surface area contributed by atoms with Crippen LogP contribution in [0.1, 0.15) is 20.7 Å². The lowest BCUT2D eigenvalue weighted by Crippen LogP contribution is -2.20. The van der Waals surface area contributed by atoms with Crippen molar-refractivity contribution >= 4 is 46.5 Å². The van der Waals surface area contributed by atoms with Crippen molar-refractivity contribution in [2.45, 2.75) is 4.90 Å². The van der Waals surface area contributed by atoms with Crippen LogP contribution in [0.15, 0.2) is 71.6 Å². The summed E-state index contributed by atoms with van der Waals surface area (Å²) >= 11 is 1.44. The summed E-state index contributed by atoms with van der Waals surface area (Å²) in [6, 6.07) is 18.8. The molecule has 3 amide bonds. The van der Waals surface area contributed by atoms with Gasteiger partial charge >= 0.3 is 0 Å². The van der Waals surface area contributed by atoms with Gasteiger partial charge in [0.2, 0.25) is 5.91 Å². The number of fused-ring (bicyclic) bond motifs is 1. The molecule has 3 N–H and O–H groups in total. The molecule has 156 valence electrons. The van der Waals surface area contributed by atoms with Gasteiger partial charge in [-0.3, -0.25) is 14.4 Å². The summed E-state index contributed by atoms with van der Waals surface area (Å²) in [5.74, 6) is 0.433. The molecule has 0 saturated heterocycles. The zero-order valence-corrected chi connectivity index (χ0v) is 17.4. The van der Waals surface area contributed by atoms with Crippen LogP contribution in [-0.2, 0) is 4.79 Å². The fraction of sp³-hybridized carbons (Fsp3) is 0.0870. The molecule has 0 aliphatic carbocycles. The van der Waals surface area contributed by atoms with Crippen molar-refractivity contribution < 1.29 is 19.1 Å². The van der Waals surface area contributed by atoms with Crippen LogP contribution < -0.4 is 20.7 Å². The Morgan fingerprint density at radius 2 is 1.45 bits per heavy atom. The van der Waals surface area contributed by atoms with E-state index >= 15 is 0 Å². The molecular formula is C23H19N3O4S. The lowest BCUT2D eigenvalue weighted by Gasteiger charge is -2.17. The van der Waals surface area contributed by atoms with Gasteiger partial charge in [-0.25, -0.2) is 0 Å². The number of hydrogen-bond donors (Lipinski definition) is 3. The first-order valence-electron chi connectivity index (χ1n) is 9.45.